The first-order valence-electron chi connectivity index (χ1n) is 0.365. The molecule has 0 unspecified atom stereocenters. The Bertz CT molecular complexity index is 13.5. The zero-order valence-electron chi connectivity index (χ0n) is 1.97. The summed E-state index contributed by atoms with van der Waals surface area (Å²) >= 11 is 0. The van der Waals surface area contributed by atoms with Crippen LogP contribution in [0.2, 0.25) is 0 Å². The summed E-state index contributed by atoms with van der Waals surface area (Å²) in [6, 6.07) is 0. The number of rotatable bonds is 0. The van der Waals surface area contributed by atoms with Gasteiger partial charge in [-0.3, -0.25) is 0 Å². The molecule has 0 aliphatic carbocycles. The Hall–Kier alpha value is 0.322. The Labute approximate surface area is 43.1 Å². The van der Waals surface area contributed by atoms with E-state index in [1.165, 1.54) is 0 Å². The number of hydrogen-bond donors (Lipinski definition) is 0. The van der Waals surface area contributed by atoms with Gasteiger partial charge in [-0.2, -0.15) is 0 Å². The summed E-state index contributed by atoms with van der Waals surface area (Å²) in [7, 11) is 0. The Morgan fingerprint density at radius 2 is 1.75 bits per heavy atom. The molecule has 0 spiro atoms. The zero-order valence-corrected chi connectivity index (χ0v) is 6.01. The molecule has 0 aromatic heterocycles. The number of hydrogen-bond acceptors (Lipinski definition) is 3. The maximum atomic E-state index is 8.00. The Kier molecular flexibility index (Phi) is 22.7. The average Bonchev–Trinajstić information content (AvgIpc) is 0.918. The zero-order chi connectivity index (χ0) is 2.71. The Morgan fingerprint density at radius 3 is 1.75 bits per heavy atom. The molecule has 0 bridgehead atoms. The molecular formula is CdNO2-. The van der Waals surface area contributed by atoms with E-state index in [1.807, 2.05) is 0 Å². The van der Waals surface area contributed by atoms with Crippen LogP contribution >= 0.6 is 0 Å². The third-order valence-corrected chi connectivity index (χ3v) is 0. The van der Waals surface area contributed by atoms with Gasteiger partial charge in [0.2, 0.25) is 0 Å². The van der Waals surface area contributed by atoms with Crippen LogP contribution in [-0.4, -0.2) is 0 Å². The van der Waals surface area contributed by atoms with E-state index in [1.54, 1.807) is 0 Å². The summed E-state index contributed by atoms with van der Waals surface area (Å²) < 4.78 is 0. The van der Waals surface area contributed by atoms with Gasteiger partial charge in [-0.1, -0.05) is 0 Å². The number of nitrogens with zero attached hydrogens (tertiary/aromatic N) is 1. The molecule has 4 heteroatoms. The second-order valence-corrected chi connectivity index (χ2v) is 0.0745. The SMILES string of the molecule is O=N[O-].[Cd]. The van der Waals surface area contributed by atoms with Crippen molar-refractivity contribution in [3.8, 4) is 0 Å². The monoisotopic (exact) mass is 160 g/mol. The van der Waals surface area contributed by atoms with E-state index in [2.05, 4.69) is 0 Å². The summed E-state index contributed by atoms with van der Waals surface area (Å²) in [5, 5.41) is 9.00. The van der Waals surface area contributed by atoms with E-state index in [9.17, 15) is 0 Å². The van der Waals surface area contributed by atoms with Crippen molar-refractivity contribution in [2.24, 2.45) is 5.34 Å². The molecule has 0 fully saturated rings. The van der Waals surface area contributed by atoms with Gasteiger partial charge in [0.1, 0.15) is 0 Å². The molecule has 20 valence electrons. The standard InChI is InChI=1S/Cd.HNO2/c;2-1-3/h;(H,2,3)/p-1. The van der Waals surface area contributed by atoms with Gasteiger partial charge in [-0.05, 0) is 0 Å². The Balaban J connectivity index is 0. The first-order chi connectivity index (χ1) is 1.41. The van der Waals surface area contributed by atoms with Crippen LogP contribution in [0.15, 0.2) is 5.34 Å². The predicted molar refractivity (Wildman–Crippen MR) is 9.16 cm³/mol. The summed E-state index contributed by atoms with van der Waals surface area (Å²) in [6.45, 7) is 0. The average molecular weight is 158 g/mol. The topological polar surface area (TPSA) is 52.5 Å². The van der Waals surface area contributed by atoms with Crippen LogP contribution in [0.25, 0.3) is 0 Å². The quantitative estimate of drug-likeness (QED) is 0.288. The van der Waals surface area contributed by atoms with Crippen molar-refractivity contribution < 1.29 is 27.3 Å². The van der Waals surface area contributed by atoms with Crippen LogP contribution in [0.4, 0.5) is 0 Å². The maximum Gasteiger partial charge on any atom is 0 e. The summed E-state index contributed by atoms with van der Waals surface area (Å²) in [4.78, 5) is 8.00. The summed E-state index contributed by atoms with van der Waals surface area (Å²) in [6.07, 6.45) is 0. The molecule has 3 nitrogen and oxygen atoms in total. The minimum Gasteiger partial charge on any atom is -0.444 e. The minimum atomic E-state index is 0. The van der Waals surface area contributed by atoms with Gasteiger partial charge in [-0.25, -0.2) is 0 Å². The molecule has 0 aromatic rings. The fourth-order valence-corrected chi connectivity index (χ4v) is 0. The van der Waals surface area contributed by atoms with E-state index in [4.69, 9.17) is 10.1 Å². The summed E-state index contributed by atoms with van der Waals surface area (Å²) in [5.74, 6) is 0. The van der Waals surface area contributed by atoms with Crippen molar-refractivity contribution >= 4 is 0 Å². The van der Waals surface area contributed by atoms with E-state index < -0.39 is 0 Å². The molecule has 0 saturated heterocycles. The second kappa shape index (κ2) is 10.2. The minimum absolute atomic E-state index is 0. The van der Waals surface area contributed by atoms with Gasteiger partial charge in [0.05, 0.1) is 0 Å². The van der Waals surface area contributed by atoms with Crippen molar-refractivity contribution in [1.82, 2.24) is 0 Å². The van der Waals surface area contributed by atoms with Gasteiger partial charge in [0.25, 0.3) is 0 Å². The predicted octanol–water partition coefficient (Wildman–Crippen LogP) is 0.248. The van der Waals surface area contributed by atoms with Gasteiger partial charge in [0.15, 0.2) is 0 Å². The molecule has 0 heterocycles. The largest absolute Gasteiger partial charge is 0.444 e. The van der Waals surface area contributed by atoms with E-state index >= 15 is 0 Å². The molecule has 0 N–H and O–H groups in total. The normalized spacial score (nSPS) is 3.00. The Morgan fingerprint density at radius 1 is 1.75 bits per heavy atom. The fraction of sp³-hybridized carbons (Fsp3) is 0. The van der Waals surface area contributed by atoms with Gasteiger partial charge in [0, 0.05) is 27.3 Å². The van der Waals surface area contributed by atoms with E-state index in [-0.39, 0.29) is 27.3 Å². The maximum absolute atomic E-state index is 8.00. The fourth-order valence-electron chi connectivity index (χ4n) is 0. The van der Waals surface area contributed by atoms with Crippen molar-refractivity contribution in [2.45, 2.75) is 0 Å². The van der Waals surface area contributed by atoms with Crippen molar-refractivity contribution in [1.29, 1.82) is 0 Å². The molecule has 0 saturated carbocycles. The van der Waals surface area contributed by atoms with E-state index in [0.717, 1.165) is 5.34 Å². The van der Waals surface area contributed by atoms with E-state index in [0.29, 0.717) is 0 Å². The van der Waals surface area contributed by atoms with Crippen LogP contribution in [0, 0.1) is 10.1 Å². The molecule has 0 aromatic carbocycles. The molecule has 0 aliphatic rings. The first kappa shape index (κ1) is 8.85. The third-order valence-electron chi connectivity index (χ3n) is 0. The molecule has 0 atom stereocenters. The molecule has 0 amide bonds. The van der Waals surface area contributed by atoms with Gasteiger partial charge in [-0.15, -0.1) is 5.34 Å². The van der Waals surface area contributed by atoms with Gasteiger partial charge >= 0.3 is 0 Å². The molecular weight excluding hydrogens is 158 g/mol. The van der Waals surface area contributed by atoms with Crippen molar-refractivity contribution in [2.75, 3.05) is 0 Å². The molecule has 0 rings (SSSR count). The summed E-state index contributed by atoms with van der Waals surface area (Å²) in [5.41, 5.74) is 0. The van der Waals surface area contributed by atoms with Crippen LogP contribution in [0.3, 0.4) is 0 Å². The molecule has 0 radical (unpaired) electrons. The van der Waals surface area contributed by atoms with Crippen LogP contribution in [-0.2, 0) is 27.3 Å². The molecule has 0 aliphatic heterocycles. The van der Waals surface area contributed by atoms with Crippen LogP contribution in [0.1, 0.15) is 0 Å². The smallest absolute Gasteiger partial charge is 0 e. The van der Waals surface area contributed by atoms with Gasteiger partial charge < -0.3 is 10.1 Å². The van der Waals surface area contributed by atoms with Crippen LogP contribution in [0.5, 0.6) is 0 Å². The third kappa shape index (κ3) is 39.1. The van der Waals surface area contributed by atoms with Crippen molar-refractivity contribution in [3.05, 3.63) is 10.1 Å². The van der Waals surface area contributed by atoms with Crippen molar-refractivity contribution in [3.63, 3.8) is 0 Å². The van der Waals surface area contributed by atoms with Crippen LogP contribution < -0.4 is 0 Å². The molecule has 4 heavy (non-hydrogen) atoms. The second-order valence-electron chi connectivity index (χ2n) is 0.0745. The first-order valence-corrected chi connectivity index (χ1v) is 0.365.